The van der Waals surface area contributed by atoms with E-state index in [0.29, 0.717) is 6.04 Å². The van der Waals surface area contributed by atoms with Crippen molar-refractivity contribution in [2.24, 2.45) is 0 Å². The standard InChI is InChI=1S/C14H23N3/c1-4-17-8-6-5-7-13(17)12-10-16-14(15-3)9-11(12)2/h9-10,13H,4-8H2,1-3H3,(H,15,16). The summed E-state index contributed by atoms with van der Waals surface area (Å²) in [5.41, 5.74) is 2.76. The number of piperidine rings is 1. The number of aryl methyl sites for hydroxylation is 1. The van der Waals surface area contributed by atoms with E-state index in [0.717, 1.165) is 12.4 Å². The van der Waals surface area contributed by atoms with Gasteiger partial charge < -0.3 is 5.32 Å². The molecule has 1 aromatic heterocycles. The van der Waals surface area contributed by atoms with E-state index in [1.54, 1.807) is 0 Å². The van der Waals surface area contributed by atoms with Crippen molar-refractivity contribution >= 4 is 5.82 Å². The van der Waals surface area contributed by atoms with Crippen molar-refractivity contribution in [3.63, 3.8) is 0 Å². The molecule has 17 heavy (non-hydrogen) atoms. The summed E-state index contributed by atoms with van der Waals surface area (Å²) in [7, 11) is 1.92. The molecule has 0 bridgehead atoms. The number of hydrogen-bond donors (Lipinski definition) is 1. The van der Waals surface area contributed by atoms with Crippen molar-refractivity contribution < 1.29 is 0 Å². The quantitative estimate of drug-likeness (QED) is 0.870. The Hall–Kier alpha value is -1.09. The number of likely N-dealkylation sites (tertiary alicyclic amines) is 1. The predicted octanol–water partition coefficient (Wildman–Crippen LogP) is 2.98. The molecule has 1 aliphatic heterocycles. The Labute approximate surface area is 104 Å². The van der Waals surface area contributed by atoms with Crippen LogP contribution in [0.25, 0.3) is 0 Å². The van der Waals surface area contributed by atoms with Gasteiger partial charge in [-0.3, -0.25) is 4.90 Å². The summed E-state index contributed by atoms with van der Waals surface area (Å²) in [4.78, 5) is 7.04. The minimum absolute atomic E-state index is 0.576. The van der Waals surface area contributed by atoms with Crippen LogP contribution in [0.3, 0.4) is 0 Å². The van der Waals surface area contributed by atoms with Crippen LogP contribution in [0.4, 0.5) is 5.82 Å². The minimum Gasteiger partial charge on any atom is -0.373 e. The lowest BCUT2D eigenvalue weighted by Gasteiger charge is -2.35. The van der Waals surface area contributed by atoms with Gasteiger partial charge in [0, 0.05) is 19.3 Å². The summed E-state index contributed by atoms with van der Waals surface area (Å²) in [5, 5.41) is 3.10. The Morgan fingerprint density at radius 3 is 2.94 bits per heavy atom. The molecule has 0 amide bonds. The number of nitrogens with zero attached hydrogens (tertiary/aromatic N) is 2. The molecular weight excluding hydrogens is 210 g/mol. The fourth-order valence-corrected chi connectivity index (χ4v) is 2.77. The van der Waals surface area contributed by atoms with Crippen LogP contribution in [0, 0.1) is 6.92 Å². The number of nitrogens with one attached hydrogen (secondary N) is 1. The van der Waals surface area contributed by atoms with E-state index in [2.05, 4.69) is 41.3 Å². The van der Waals surface area contributed by atoms with Gasteiger partial charge in [-0.25, -0.2) is 4.98 Å². The topological polar surface area (TPSA) is 28.2 Å². The molecule has 2 rings (SSSR count). The van der Waals surface area contributed by atoms with Gasteiger partial charge >= 0.3 is 0 Å². The molecule has 2 heterocycles. The Morgan fingerprint density at radius 2 is 2.29 bits per heavy atom. The first-order valence-corrected chi connectivity index (χ1v) is 6.64. The maximum absolute atomic E-state index is 4.46. The maximum atomic E-state index is 4.46. The van der Waals surface area contributed by atoms with Gasteiger partial charge in [0.2, 0.25) is 0 Å². The Morgan fingerprint density at radius 1 is 1.47 bits per heavy atom. The van der Waals surface area contributed by atoms with E-state index in [9.17, 15) is 0 Å². The van der Waals surface area contributed by atoms with Gasteiger partial charge in [-0.2, -0.15) is 0 Å². The SMILES string of the molecule is CCN1CCCCC1c1cnc(NC)cc1C. The first kappa shape index (κ1) is 12.4. The van der Waals surface area contributed by atoms with E-state index in [-0.39, 0.29) is 0 Å². The largest absolute Gasteiger partial charge is 0.373 e. The van der Waals surface area contributed by atoms with Crippen molar-refractivity contribution in [1.82, 2.24) is 9.88 Å². The minimum atomic E-state index is 0.576. The van der Waals surface area contributed by atoms with Crippen LogP contribution in [0.15, 0.2) is 12.3 Å². The molecular formula is C14H23N3. The Bertz CT molecular complexity index is 376. The molecule has 3 heteroatoms. The molecule has 3 nitrogen and oxygen atoms in total. The molecule has 1 aliphatic rings. The predicted molar refractivity (Wildman–Crippen MR) is 72.4 cm³/mol. The molecule has 0 radical (unpaired) electrons. The summed E-state index contributed by atoms with van der Waals surface area (Å²) >= 11 is 0. The molecule has 1 saturated heterocycles. The maximum Gasteiger partial charge on any atom is 0.125 e. The lowest BCUT2D eigenvalue weighted by molar-refractivity contribution is 0.156. The highest BCUT2D eigenvalue weighted by Gasteiger charge is 2.24. The van der Waals surface area contributed by atoms with Gasteiger partial charge in [0.05, 0.1) is 0 Å². The van der Waals surface area contributed by atoms with Gasteiger partial charge in [0.1, 0.15) is 5.82 Å². The lowest BCUT2D eigenvalue weighted by atomic mass is 9.93. The van der Waals surface area contributed by atoms with Crippen molar-refractivity contribution in [2.45, 2.75) is 39.2 Å². The molecule has 1 fully saturated rings. The second kappa shape index (κ2) is 5.50. The van der Waals surface area contributed by atoms with Crippen molar-refractivity contribution in [2.75, 3.05) is 25.5 Å². The van der Waals surface area contributed by atoms with Crippen LogP contribution in [-0.2, 0) is 0 Å². The van der Waals surface area contributed by atoms with Crippen LogP contribution < -0.4 is 5.32 Å². The lowest BCUT2D eigenvalue weighted by Crippen LogP contribution is -2.33. The highest BCUT2D eigenvalue weighted by atomic mass is 15.2. The van der Waals surface area contributed by atoms with Gasteiger partial charge in [0.15, 0.2) is 0 Å². The van der Waals surface area contributed by atoms with E-state index in [1.165, 1.54) is 36.9 Å². The highest BCUT2D eigenvalue weighted by Crippen LogP contribution is 2.32. The number of pyridine rings is 1. The monoisotopic (exact) mass is 233 g/mol. The molecule has 0 spiro atoms. The van der Waals surface area contributed by atoms with Crippen molar-refractivity contribution in [1.29, 1.82) is 0 Å². The van der Waals surface area contributed by atoms with Crippen LogP contribution in [0.2, 0.25) is 0 Å². The molecule has 1 unspecified atom stereocenters. The first-order chi connectivity index (χ1) is 8.26. The van der Waals surface area contributed by atoms with Gasteiger partial charge in [0.25, 0.3) is 0 Å². The smallest absolute Gasteiger partial charge is 0.125 e. The number of anilines is 1. The third-order valence-electron chi connectivity index (χ3n) is 3.79. The number of hydrogen-bond acceptors (Lipinski definition) is 3. The third kappa shape index (κ3) is 2.60. The normalized spacial score (nSPS) is 21.5. The molecule has 1 N–H and O–H groups in total. The zero-order chi connectivity index (χ0) is 12.3. The molecule has 94 valence electrons. The molecule has 0 saturated carbocycles. The fourth-order valence-electron chi connectivity index (χ4n) is 2.77. The van der Waals surface area contributed by atoms with E-state index in [4.69, 9.17) is 0 Å². The second-order valence-corrected chi connectivity index (χ2v) is 4.82. The Balaban J connectivity index is 2.25. The third-order valence-corrected chi connectivity index (χ3v) is 3.79. The summed E-state index contributed by atoms with van der Waals surface area (Å²) in [5.74, 6) is 0.963. The highest BCUT2D eigenvalue weighted by molar-refractivity contribution is 5.41. The number of rotatable bonds is 3. The van der Waals surface area contributed by atoms with Crippen LogP contribution in [-0.4, -0.2) is 30.0 Å². The van der Waals surface area contributed by atoms with E-state index >= 15 is 0 Å². The summed E-state index contributed by atoms with van der Waals surface area (Å²) < 4.78 is 0. The van der Waals surface area contributed by atoms with Crippen molar-refractivity contribution in [3.05, 3.63) is 23.4 Å². The van der Waals surface area contributed by atoms with E-state index in [1.807, 2.05) is 7.05 Å². The Kier molecular flexibility index (Phi) is 4.00. The molecule has 1 aromatic rings. The van der Waals surface area contributed by atoms with Gasteiger partial charge in [-0.1, -0.05) is 13.3 Å². The molecule has 0 aliphatic carbocycles. The summed E-state index contributed by atoms with van der Waals surface area (Å²) in [6.07, 6.45) is 6.01. The zero-order valence-electron chi connectivity index (χ0n) is 11.2. The fraction of sp³-hybridized carbons (Fsp3) is 0.643. The van der Waals surface area contributed by atoms with Gasteiger partial charge in [-0.05, 0) is 50.0 Å². The van der Waals surface area contributed by atoms with Gasteiger partial charge in [-0.15, -0.1) is 0 Å². The van der Waals surface area contributed by atoms with Crippen molar-refractivity contribution in [3.8, 4) is 0 Å². The average molecular weight is 233 g/mol. The number of aromatic nitrogens is 1. The second-order valence-electron chi connectivity index (χ2n) is 4.82. The summed E-state index contributed by atoms with van der Waals surface area (Å²) in [6.45, 7) is 6.82. The molecule has 1 atom stereocenters. The van der Waals surface area contributed by atoms with E-state index < -0.39 is 0 Å². The van der Waals surface area contributed by atoms with Crippen LogP contribution in [0.5, 0.6) is 0 Å². The summed E-state index contributed by atoms with van der Waals surface area (Å²) in [6, 6.07) is 2.73. The zero-order valence-corrected chi connectivity index (χ0v) is 11.2. The molecule has 0 aromatic carbocycles. The van der Waals surface area contributed by atoms with Crippen LogP contribution in [0.1, 0.15) is 43.4 Å². The first-order valence-electron chi connectivity index (χ1n) is 6.64. The average Bonchev–Trinajstić information content (AvgIpc) is 2.38. The van der Waals surface area contributed by atoms with Crippen LogP contribution >= 0.6 is 0 Å².